The number of aromatic nitrogens is 1. The Bertz CT molecular complexity index is 989. The van der Waals surface area contributed by atoms with Gasteiger partial charge in [0.15, 0.2) is 0 Å². The van der Waals surface area contributed by atoms with Crippen LogP contribution in [0.25, 0.3) is 0 Å². The van der Waals surface area contributed by atoms with Crippen LogP contribution in [0.15, 0.2) is 54.9 Å². The number of hydrogen-bond acceptors (Lipinski definition) is 3. The first-order valence-corrected chi connectivity index (χ1v) is 9.92. The van der Waals surface area contributed by atoms with Crippen molar-refractivity contribution in [1.82, 2.24) is 4.98 Å². The molecule has 150 valence electrons. The topological polar surface area (TPSA) is 45.2 Å². The average Bonchev–Trinajstić information content (AvgIpc) is 2.66. The standard InChI is InChI=1S/C25H29N3O/c1-17-8-9-19(3)24(13-17)28(15-23-20(4)11-18(2)12-21(23)5)16-25(29)27-22-7-6-10-26-14-22/h6-14H,15-16H2,1-5H3,(H,27,29). The monoisotopic (exact) mass is 387 g/mol. The maximum absolute atomic E-state index is 12.8. The van der Waals surface area contributed by atoms with Crippen molar-refractivity contribution in [3.05, 3.63) is 88.2 Å². The van der Waals surface area contributed by atoms with Crippen LogP contribution in [-0.2, 0) is 11.3 Å². The zero-order valence-electron chi connectivity index (χ0n) is 17.9. The van der Waals surface area contributed by atoms with E-state index in [9.17, 15) is 4.79 Å². The predicted octanol–water partition coefficient (Wildman–Crippen LogP) is 5.27. The Hall–Kier alpha value is -3.14. The van der Waals surface area contributed by atoms with E-state index < -0.39 is 0 Å². The van der Waals surface area contributed by atoms with Crippen LogP contribution in [0, 0.1) is 34.6 Å². The summed E-state index contributed by atoms with van der Waals surface area (Å²) in [6.07, 6.45) is 3.36. The summed E-state index contributed by atoms with van der Waals surface area (Å²) in [6, 6.07) is 14.5. The van der Waals surface area contributed by atoms with Crippen LogP contribution in [-0.4, -0.2) is 17.4 Å². The maximum Gasteiger partial charge on any atom is 0.243 e. The first-order valence-electron chi connectivity index (χ1n) is 9.92. The number of rotatable bonds is 6. The Kier molecular flexibility index (Phi) is 6.32. The van der Waals surface area contributed by atoms with Gasteiger partial charge in [-0.15, -0.1) is 0 Å². The van der Waals surface area contributed by atoms with Gasteiger partial charge in [0.05, 0.1) is 18.4 Å². The summed E-state index contributed by atoms with van der Waals surface area (Å²) in [5, 5.41) is 2.96. The lowest BCUT2D eigenvalue weighted by Crippen LogP contribution is -2.34. The van der Waals surface area contributed by atoms with Crippen LogP contribution in [0.2, 0.25) is 0 Å². The normalized spacial score (nSPS) is 10.7. The van der Waals surface area contributed by atoms with Crippen molar-refractivity contribution in [2.24, 2.45) is 0 Å². The Labute approximate surface area is 173 Å². The quantitative estimate of drug-likeness (QED) is 0.627. The highest BCUT2D eigenvalue weighted by molar-refractivity contribution is 5.94. The summed E-state index contributed by atoms with van der Waals surface area (Å²) in [5.41, 5.74) is 9.18. The number of carbonyl (C=O) groups is 1. The lowest BCUT2D eigenvalue weighted by atomic mass is 9.98. The number of hydrogen-bond donors (Lipinski definition) is 1. The van der Waals surface area contributed by atoms with Gasteiger partial charge in [-0.05, 0) is 80.6 Å². The molecule has 0 radical (unpaired) electrons. The van der Waals surface area contributed by atoms with E-state index in [1.54, 1.807) is 12.4 Å². The van der Waals surface area contributed by atoms with Crippen molar-refractivity contribution < 1.29 is 4.79 Å². The molecule has 1 aromatic heterocycles. The highest BCUT2D eigenvalue weighted by atomic mass is 16.2. The molecule has 4 nitrogen and oxygen atoms in total. The molecule has 0 unspecified atom stereocenters. The molecular weight excluding hydrogens is 358 g/mol. The zero-order chi connectivity index (χ0) is 21.0. The second-order valence-corrected chi connectivity index (χ2v) is 7.81. The van der Waals surface area contributed by atoms with Crippen LogP contribution in [0.3, 0.4) is 0 Å². The molecule has 1 amide bonds. The van der Waals surface area contributed by atoms with Crippen molar-refractivity contribution >= 4 is 17.3 Å². The fourth-order valence-electron chi connectivity index (χ4n) is 3.75. The van der Waals surface area contributed by atoms with Crippen LogP contribution in [0.1, 0.15) is 33.4 Å². The Morgan fingerprint density at radius 1 is 0.931 bits per heavy atom. The number of carbonyl (C=O) groups excluding carboxylic acids is 1. The van der Waals surface area contributed by atoms with Gasteiger partial charge in [-0.3, -0.25) is 9.78 Å². The molecule has 0 aliphatic carbocycles. The van der Waals surface area contributed by atoms with E-state index in [4.69, 9.17) is 0 Å². The highest BCUT2D eigenvalue weighted by Crippen LogP contribution is 2.26. The van der Waals surface area contributed by atoms with Gasteiger partial charge in [0, 0.05) is 18.4 Å². The SMILES string of the molecule is Cc1cc(C)c(CN(CC(=O)Nc2cccnc2)c2cc(C)ccc2C)c(C)c1. The van der Waals surface area contributed by atoms with E-state index in [2.05, 4.69) is 80.2 Å². The van der Waals surface area contributed by atoms with Crippen molar-refractivity contribution in [2.45, 2.75) is 41.2 Å². The summed E-state index contributed by atoms with van der Waals surface area (Å²) in [5.74, 6) is -0.0543. The lowest BCUT2D eigenvalue weighted by Gasteiger charge is -2.28. The molecule has 4 heteroatoms. The Morgan fingerprint density at radius 2 is 1.66 bits per heavy atom. The smallest absolute Gasteiger partial charge is 0.243 e. The summed E-state index contributed by atoms with van der Waals surface area (Å²) in [6.45, 7) is 11.5. The number of benzene rings is 2. The number of nitrogens with zero attached hydrogens (tertiary/aromatic N) is 2. The third kappa shape index (κ3) is 5.23. The molecule has 1 N–H and O–H groups in total. The molecule has 2 aromatic carbocycles. The minimum absolute atomic E-state index is 0.0543. The third-order valence-electron chi connectivity index (χ3n) is 5.17. The van der Waals surface area contributed by atoms with E-state index in [1.165, 1.54) is 27.8 Å². The number of amides is 1. The first kappa shape index (κ1) is 20.6. The van der Waals surface area contributed by atoms with Crippen LogP contribution in [0.5, 0.6) is 0 Å². The second-order valence-electron chi connectivity index (χ2n) is 7.81. The molecule has 3 rings (SSSR count). The molecule has 0 bridgehead atoms. The minimum Gasteiger partial charge on any atom is -0.358 e. The summed E-state index contributed by atoms with van der Waals surface area (Å²) in [7, 11) is 0. The van der Waals surface area contributed by atoms with Gasteiger partial charge in [0.1, 0.15) is 0 Å². The number of nitrogens with one attached hydrogen (secondary N) is 1. The summed E-state index contributed by atoms with van der Waals surface area (Å²) < 4.78 is 0. The number of anilines is 2. The van der Waals surface area contributed by atoms with Gasteiger partial charge in [-0.25, -0.2) is 0 Å². The lowest BCUT2D eigenvalue weighted by molar-refractivity contribution is -0.115. The third-order valence-corrected chi connectivity index (χ3v) is 5.17. The van der Waals surface area contributed by atoms with Crippen molar-refractivity contribution in [3.63, 3.8) is 0 Å². The van der Waals surface area contributed by atoms with Gasteiger partial charge < -0.3 is 10.2 Å². The first-order chi connectivity index (χ1) is 13.8. The van der Waals surface area contributed by atoms with Crippen molar-refractivity contribution in [2.75, 3.05) is 16.8 Å². The van der Waals surface area contributed by atoms with Gasteiger partial charge in [0.2, 0.25) is 5.91 Å². The van der Waals surface area contributed by atoms with Gasteiger partial charge in [-0.2, -0.15) is 0 Å². The molecule has 0 saturated heterocycles. The van der Waals surface area contributed by atoms with Gasteiger partial charge >= 0.3 is 0 Å². The fraction of sp³-hybridized carbons (Fsp3) is 0.280. The molecule has 0 saturated carbocycles. The van der Waals surface area contributed by atoms with Crippen LogP contribution < -0.4 is 10.2 Å². The van der Waals surface area contributed by atoms with Crippen molar-refractivity contribution in [1.29, 1.82) is 0 Å². The Morgan fingerprint density at radius 3 is 2.31 bits per heavy atom. The molecule has 0 atom stereocenters. The van der Waals surface area contributed by atoms with E-state index in [0.29, 0.717) is 12.2 Å². The van der Waals surface area contributed by atoms with Gasteiger partial charge in [-0.1, -0.05) is 29.8 Å². The zero-order valence-corrected chi connectivity index (χ0v) is 17.9. The molecule has 1 heterocycles. The van der Waals surface area contributed by atoms with E-state index in [-0.39, 0.29) is 12.5 Å². The molecule has 0 fully saturated rings. The van der Waals surface area contributed by atoms with Crippen molar-refractivity contribution in [3.8, 4) is 0 Å². The van der Waals surface area contributed by atoms with Gasteiger partial charge in [0.25, 0.3) is 0 Å². The molecule has 0 aliphatic rings. The molecule has 3 aromatic rings. The Balaban J connectivity index is 1.92. The maximum atomic E-state index is 12.8. The number of aryl methyl sites for hydroxylation is 5. The molecule has 0 spiro atoms. The average molecular weight is 388 g/mol. The molecule has 0 aliphatic heterocycles. The summed E-state index contributed by atoms with van der Waals surface area (Å²) >= 11 is 0. The highest BCUT2D eigenvalue weighted by Gasteiger charge is 2.17. The summed E-state index contributed by atoms with van der Waals surface area (Å²) in [4.78, 5) is 19.1. The molecule has 29 heavy (non-hydrogen) atoms. The predicted molar refractivity (Wildman–Crippen MR) is 120 cm³/mol. The largest absolute Gasteiger partial charge is 0.358 e. The van der Waals surface area contributed by atoms with E-state index in [1.807, 2.05) is 12.1 Å². The van der Waals surface area contributed by atoms with Crippen LogP contribution in [0.4, 0.5) is 11.4 Å². The minimum atomic E-state index is -0.0543. The second kappa shape index (κ2) is 8.91. The van der Waals surface area contributed by atoms with Crippen LogP contribution >= 0.6 is 0 Å². The number of pyridine rings is 1. The fourth-order valence-corrected chi connectivity index (χ4v) is 3.75. The van der Waals surface area contributed by atoms with E-state index >= 15 is 0 Å². The molecular formula is C25H29N3O. The van der Waals surface area contributed by atoms with E-state index in [0.717, 1.165) is 11.3 Å².